The van der Waals surface area contributed by atoms with Crippen LogP contribution >= 0.6 is 0 Å². The summed E-state index contributed by atoms with van der Waals surface area (Å²) in [6, 6.07) is 5.31. The number of benzene rings is 1. The highest BCUT2D eigenvalue weighted by Crippen LogP contribution is 2.29. The molecule has 1 unspecified atom stereocenters. The minimum Gasteiger partial charge on any atom is -0.353 e. The van der Waals surface area contributed by atoms with Crippen molar-refractivity contribution in [1.29, 1.82) is 0 Å². The Morgan fingerprint density at radius 1 is 1.15 bits per heavy atom. The molecule has 0 aliphatic carbocycles. The van der Waals surface area contributed by atoms with E-state index in [1.54, 1.807) is 0 Å². The van der Waals surface area contributed by atoms with E-state index in [9.17, 15) is 13.2 Å². The predicted molar refractivity (Wildman–Crippen MR) is 69.3 cm³/mol. The predicted octanol–water partition coefficient (Wildman–Crippen LogP) is 4.18. The smallest absolute Gasteiger partial charge is 0.353 e. The zero-order valence-corrected chi connectivity index (χ0v) is 11.3. The first-order valence-corrected chi connectivity index (χ1v) is 6.95. The van der Waals surface area contributed by atoms with Crippen molar-refractivity contribution in [3.05, 3.63) is 35.4 Å². The maximum absolute atomic E-state index is 12.4. The molecule has 0 amide bonds. The second-order valence-electron chi connectivity index (χ2n) is 4.97. The van der Waals surface area contributed by atoms with Crippen LogP contribution in [0.2, 0.25) is 0 Å². The van der Waals surface area contributed by atoms with Crippen LogP contribution in [0.3, 0.4) is 0 Å². The molecule has 1 saturated heterocycles. The molecular formula is C15H19F3O2. The van der Waals surface area contributed by atoms with Crippen molar-refractivity contribution in [3.8, 4) is 0 Å². The first-order valence-electron chi connectivity index (χ1n) is 6.95. The molecular weight excluding hydrogens is 269 g/mol. The monoisotopic (exact) mass is 288 g/mol. The van der Waals surface area contributed by atoms with Gasteiger partial charge in [0, 0.05) is 6.61 Å². The molecule has 0 spiro atoms. The van der Waals surface area contributed by atoms with Crippen molar-refractivity contribution in [2.75, 3.05) is 13.2 Å². The molecule has 1 aliphatic heterocycles. The summed E-state index contributed by atoms with van der Waals surface area (Å²) in [6.45, 7) is 1.33. The van der Waals surface area contributed by atoms with Gasteiger partial charge in [0.2, 0.25) is 0 Å². The van der Waals surface area contributed by atoms with E-state index >= 15 is 0 Å². The van der Waals surface area contributed by atoms with Gasteiger partial charge in [-0.3, -0.25) is 0 Å². The standard InChI is InChI=1S/C15H19F3O2/c16-15(17,18)13-8-6-12(7-9-13)4-3-11-20-14-5-1-2-10-19-14/h6-9,14H,1-5,10-11H2. The Labute approximate surface area is 116 Å². The molecule has 112 valence electrons. The van der Waals surface area contributed by atoms with Crippen LogP contribution in [0.5, 0.6) is 0 Å². The number of hydrogen-bond acceptors (Lipinski definition) is 2. The fourth-order valence-corrected chi connectivity index (χ4v) is 2.19. The third-order valence-electron chi connectivity index (χ3n) is 3.33. The van der Waals surface area contributed by atoms with Gasteiger partial charge in [-0.15, -0.1) is 0 Å². The van der Waals surface area contributed by atoms with E-state index in [-0.39, 0.29) is 6.29 Å². The molecule has 0 radical (unpaired) electrons. The second kappa shape index (κ2) is 7.09. The molecule has 2 nitrogen and oxygen atoms in total. The van der Waals surface area contributed by atoms with E-state index in [0.29, 0.717) is 13.0 Å². The van der Waals surface area contributed by atoms with Gasteiger partial charge in [-0.05, 0) is 49.8 Å². The Kier molecular flexibility index (Phi) is 5.43. The van der Waals surface area contributed by atoms with E-state index in [2.05, 4.69) is 0 Å². The highest BCUT2D eigenvalue weighted by atomic mass is 19.4. The second-order valence-corrected chi connectivity index (χ2v) is 4.97. The minimum absolute atomic E-state index is 0.101. The van der Waals surface area contributed by atoms with Gasteiger partial charge in [-0.25, -0.2) is 0 Å². The molecule has 0 saturated carbocycles. The van der Waals surface area contributed by atoms with Crippen LogP contribution < -0.4 is 0 Å². The summed E-state index contributed by atoms with van der Waals surface area (Å²) in [5.41, 5.74) is 0.291. The molecule has 1 atom stereocenters. The maximum atomic E-state index is 12.4. The first kappa shape index (κ1) is 15.3. The van der Waals surface area contributed by atoms with Crippen molar-refractivity contribution in [3.63, 3.8) is 0 Å². The van der Waals surface area contributed by atoms with Crippen LogP contribution in [0.15, 0.2) is 24.3 Å². The summed E-state index contributed by atoms with van der Waals surface area (Å²) in [7, 11) is 0. The fourth-order valence-electron chi connectivity index (χ4n) is 2.19. The van der Waals surface area contributed by atoms with Gasteiger partial charge in [0.25, 0.3) is 0 Å². The topological polar surface area (TPSA) is 18.5 Å². The summed E-state index contributed by atoms with van der Waals surface area (Å²) in [5.74, 6) is 0. The zero-order valence-electron chi connectivity index (χ0n) is 11.3. The van der Waals surface area contributed by atoms with Gasteiger partial charge in [0.05, 0.1) is 12.2 Å². The Bertz CT molecular complexity index is 395. The number of rotatable bonds is 5. The Morgan fingerprint density at radius 3 is 2.50 bits per heavy atom. The summed E-state index contributed by atoms with van der Waals surface area (Å²) in [6.07, 6.45) is 0.280. The zero-order chi connectivity index (χ0) is 14.4. The number of ether oxygens (including phenoxy) is 2. The van der Waals surface area contributed by atoms with E-state index in [1.165, 1.54) is 12.1 Å². The molecule has 1 aromatic rings. The van der Waals surface area contributed by atoms with Gasteiger partial charge in [0.1, 0.15) is 0 Å². The largest absolute Gasteiger partial charge is 0.416 e. The Hall–Kier alpha value is -1.07. The molecule has 0 N–H and O–H groups in total. The van der Waals surface area contributed by atoms with Crippen LogP contribution in [0.25, 0.3) is 0 Å². The highest BCUT2D eigenvalue weighted by molar-refractivity contribution is 5.24. The molecule has 1 heterocycles. The van der Waals surface area contributed by atoms with Gasteiger partial charge < -0.3 is 9.47 Å². The van der Waals surface area contributed by atoms with Crippen molar-refractivity contribution in [2.24, 2.45) is 0 Å². The maximum Gasteiger partial charge on any atom is 0.416 e. The third-order valence-corrected chi connectivity index (χ3v) is 3.33. The Morgan fingerprint density at radius 2 is 1.90 bits per heavy atom. The highest BCUT2D eigenvalue weighted by Gasteiger charge is 2.29. The Balaban J connectivity index is 1.68. The normalized spacial score (nSPS) is 20.1. The lowest BCUT2D eigenvalue weighted by Gasteiger charge is -2.22. The molecule has 20 heavy (non-hydrogen) atoms. The number of aryl methyl sites for hydroxylation is 1. The lowest BCUT2D eigenvalue weighted by molar-refractivity contribution is -0.162. The van der Waals surface area contributed by atoms with Crippen molar-refractivity contribution in [2.45, 2.75) is 44.6 Å². The van der Waals surface area contributed by atoms with Gasteiger partial charge in [-0.2, -0.15) is 13.2 Å². The molecule has 1 aromatic carbocycles. The summed E-state index contributed by atoms with van der Waals surface area (Å²) >= 11 is 0. The summed E-state index contributed by atoms with van der Waals surface area (Å²) in [4.78, 5) is 0. The van der Waals surface area contributed by atoms with E-state index in [1.807, 2.05) is 0 Å². The molecule has 2 rings (SSSR count). The van der Waals surface area contributed by atoms with Crippen molar-refractivity contribution >= 4 is 0 Å². The SMILES string of the molecule is FC(F)(F)c1ccc(CCCOC2CCCCO2)cc1. The minimum atomic E-state index is -4.26. The van der Waals surface area contributed by atoms with Crippen LogP contribution in [0.4, 0.5) is 13.2 Å². The van der Waals surface area contributed by atoms with Gasteiger partial charge in [0.15, 0.2) is 6.29 Å². The number of alkyl halides is 3. The van der Waals surface area contributed by atoms with Gasteiger partial charge in [-0.1, -0.05) is 12.1 Å². The lowest BCUT2D eigenvalue weighted by atomic mass is 10.1. The average Bonchev–Trinajstić information content (AvgIpc) is 2.44. The summed E-state index contributed by atoms with van der Waals surface area (Å²) in [5, 5.41) is 0. The summed E-state index contributed by atoms with van der Waals surface area (Å²) < 4.78 is 48.2. The first-order chi connectivity index (χ1) is 9.55. The fraction of sp³-hybridized carbons (Fsp3) is 0.600. The molecule has 0 bridgehead atoms. The quantitative estimate of drug-likeness (QED) is 0.757. The van der Waals surface area contributed by atoms with E-state index < -0.39 is 11.7 Å². The van der Waals surface area contributed by atoms with Gasteiger partial charge >= 0.3 is 6.18 Å². The van der Waals surface area contributed by atoms with Crippen LogP contribution in [-0.2, 0) is 22.1 Å². The van der Waals surface area contributed by atoms with Crippen LogP contribution in [0, 0.1) is 0 Å². The number of halogens is 3. The van der Waals surface area contributed by atoms with Crippen LogP contribution in [0.1, 0.15) is 36.8 Å². The molecule has 1 aliphatic rings. The molecule has 0 aromatic heterocycles. The third kappa shape index (κ3) is 4.80. The van der Waals surface area contributed by atoms with E-state index in [4.69, 9.17) is 9.47 Å². The van der Waals surface area contributed by atoms with Crippen molar-refractivity contribution < 1.29 is 22.6 Å². The lowest BCUT2D eigenvalue weighted by Crippen LogP contribution is -2.22. The van der Waals surface area contributed by atoms with Crippen molar-refractivity contribution in [1.82, 2.24) is 0 Å². The van der Waals surface area contributed by atoms with E-state index in [0.717, 1.165) is 50.0 Å². The molecule has 5 heteroatoms. The average molecular weight is 288 g/mol. The van der Waals surface area contributed by atoms with Crippen LogP contribution in [-0.4, -0.2) is 19.5 Å². The number of hydrogen-bond donors (Lipinski definition) is 0. The molecule has 1 fully saturated rings.